The molecule has 4 heteroatoms. The largest absolute Gasteiger partial charge is 0.373 e. The summed E-state index contributed by atoms with van der Waals surface area (Å²) in [5.41, 5.74) is 3.08. The van der Waals surface area contributed by atoms with Crippen LogP contribution >= 0.6 is 0 Å². The molecule has 0 radical (unpaired) electrons. The molecular formula is C19H21N3O. The molecule has 1 fully saturated rings. The first-order chi connectivity index (χ1) is 11.2. The fourth-order valence-electron chi connectivity index (χ4n) is 3.23. The summed E-state index contributed by atoms with van der Waals surface area (Å²) in [6.45, 7) is 0.818. The topological polar surface area (TPSA) is 71.2 Å². The van der Waals surface area contributed by atoms with Gasteiger partial charge in [0.2, 0.25) is 0 Å². The van der Waals surface area contributed by atoms with Crippen LogP contribution in [-0.2, 0) is 0 Å². The first kappa shape index (κ1) is 15.4. The average Bonchev–Trinajstić information content (AvgIpc) is 2.99. The van der Waals surface area contributed by atoms with Gasteiger partial charge in [-0.05, 0) is 29.7 Å². The van der Waals surface area contributed by atoms with Gasteiger partial charge >= 0.3 is 0 Å². The third-order valence-electron chi connectivity index (χ3n) is 4.56. The van der Waals surface area contributed by atoms with Crippen LogP contribution in [0.25, 0.3) is 0 Å². The summed E-state index contributed by atoms with van der Waals surface area (Å²) in [5.74, 6) is -0.142. The number of nitrogens with one attached hydrogen (secondary N) is 2. The van der Waals surface area contributed by atoms with Gasteiger partial charge in [-0.3, -0.25) is 0 Å². The van der Waals surface area contributed by atoms with E-state index in [4.69, 9.17) is 10.8 Å². The van der Waals surface area contributed by atoms with Crippen molar-refractivity contribution >= 4 is 18.1 Å². The van der Waals surface area contributed by atoms with Crippen molar-refractivity contribution in [3.05, 3.63) is 65.7 Å². The van der Waals surface area contributed by atoms with Gasteiger partial charge in [0, 0.05) is 30.6 Å². The lowest BCUT2D eigenvalue weighted by Gasteiger charge is -2.26. The number of anilines is 1. The molecule has 0 saturated carbocycles. The van der Waals surface area contributed by atoms with E-state index >= 15 is 0 Å². The highest BCUT2D eigenvalue weighted by Gasteiger charge is 2.33. The monoisotopic (exact) mass is 307 g/mol. The van der Waals surface area contributed by atoms with Crippen LogP contribution in [0.2, 0.25) is 0 Å². The summed E-state index contributed by atoms with van der Waals surface area (Å²) >= 11 is 0. The van der Waals surface area contributed by atoms with Gasteiger partial charge in [0.25, 0.3) is 0 Å². The fraction of sp³-hybridized carbons (Fsp3) is 0.263. The number of benzene rings is 2. The molecule has 3 N–H and O–H groups in total. The van der Waals surface area contributed by atoms with E-state index in [0.29, 0.717) is 0 Å². The highest BCUT2D eigenvalue weighted by molar-refractivity contribution is 5.87. The van der Waals surface area contributed by atoms with Crippen LogP contribution in [-0.4, -0.2) is 30.3 Å². The van der Waals surface area contributed by atoms with Gasteiger partial charge in [-0.15, -0.1) is 0 Å². The lowest BCUT2D eigenvalue weighted by Crippen LogP contribution is -2.31. The van der Waals surface area contributed by atoms with Gasteiger partial charge in [0.15, 0.2) is 0 Å². The first-order valence-electron chi connectivity index (χ1n) is 7.85. The van der Waals surface area contributed by atoms with Crippen LogP contribution in [0.15, 0.2) is 54.6 Å². The van der Waals surface area contributed by atoms with E-state index in [1.807, 2.05) is 47.4 Å². The maximum absolute atomic E-state index is 10.7. The molecule has 0 aliphatic carbocycles. The number of aliphatic hydroxyl groups excluding tert-OH is 1. The van der Waals surface area contributed by atoms with Crippen molar-refractivity contribution in [2.24, 2.45) is 0 Å². The van der Waals surface area contributed by atoms with Gasteiger partial charge in [-0.1, -0.05) is 42.5 Å². The zero-order valence-corrected chi connectivity index (χ0v) is 12.9. The second kappa shape index (κ2) is 6.75. The highest BCUT2D eigenvalue weighted by Crippen LogP contribution is 2.35. The number of aliphatic hydroxyl groups is 1. The van der Waals surface area contributed by atoms with Crippen molar-refractivity contribution in [3.8, 4) is 0 Å². The molecule has 118 valence electrons. The number of hydrogen-bond acceptors (Lipinski definition) is 4. The van der Waals surface area contributed by atoms with Crippen LogP contribution in [0.5, 0.6) is 0 Å². The zero-order valence-electron chi connectivity index (χ0n) is 12.9. The van der Waals surface area contributed by atoms with E-state index in [0.717, 1.165) is 24.2 Å². The quantitative estimate of drug-likeness (QED) is 0.741. The van der Waals surface area contributed by atoms with E-state index in [2.05, 4.69) is 12.1 Å². The predicted octanol–water partition coefficient (Wildman–Crippen LogP) is 3.38. The highest BCUT2D eigenvalue weighted by atomic mass is 16.3. The fourth-order valence-corrected chi connectivity index (χ4v) is 3.23. The molecular weight excluding hydrogens is 286 g/mol. The molecule has 2 atom stereocenters. The van der Waals surface area contributed by atoms with Gasteiger partial charge < -0.3 is 20.8 Å². The molecule has 1 saturated heterocycles. The minimum absolute atomic E-state index is 0.131. The third-order valence-corrected chi connectivity index (χ3v) is 4.56. The van der Waals surface area contributed by atoms with Gasteiger partial charge in [-0.25, -0.2) is 0 Å². The van der Waals surface area contributed by atoms with Gasteiger partial charge in [0.1, 0.15) is 6.23 Å². The summed E-state index contributed by atoms with van der Waals surface area (Å²) in [6.07, 6.45) is 2.93. The molecule has 0 bridgehead atoms. The molecule has 2 aromatic rings. The van der Waals surface area contributed by atoms with Crippen LogP contribution in [0.3, 0.4) is 0 Å². The normalized spacial score (nSPS) is 21.9. The summed E-state index contributed by atoms with van der Waals surface area (Å²) in [6, 6.07) is 17.9. The van der Waals surface area contributed by atoms with Crippen LogP contribution in [0.1, 0.15) is 29.4 Å². The Hall–Kier alpha value is -2.46. The third kappa shape index (κ3) is 3.03. The molecule has 1 aliphatic rings. The van der Waals surface area contributed by atoms with Crippen molar-refractivity contribution in [1.82, 2.24) is 0 Å². The minimum Gasteiger partial charge on any atom is -0.373 e. The Bertz CT molecular complexity index is 661. The summed E-state index contributed by atoms with van der Waals surface area (Å²) < 4.78 is 0. The van der Waals surface area contributed by atoms with Crippen LogP contribution in [0, 0.1) is 10.8 Å². The number of nitrogens with zero attached hydrogens (tertiary/aromatic N) is 1. The Morgan fingerprint density at radius 3 is 2.26 bits per heavy atom. The number of rotatable bonds is 5. The Morgan fingerprint density at radius 2 is 1.65 bits per heavy atom. The first-order valence-corrected chi connectivity index (χ1v) is 7.85. The zero-order chi connectivity index (χ0) is 16.2. The molecule has 4 nitrogen and oxygen atoms in total. The van der Waals surface area contributed by atoms with Crippen molar-refractivity contribution in [1.29, 1.82) is 10.8 Å². The predicted molar refractivity (Wildman–Crippen MR) is 93.9 cm³/mol. The van der Waals surface area contributed by atoms with E-state index in [1.54, 1.807) is 0 Å². The van der Waals surface area contributed by atoms with Crippen molar-refractivity contribution in [2.45, 2.75) is 24.5 Å². The van der Waals surface area contributed by atoms with E-state index in [9.17, 15) is 5.11 Å². The van der Waals surface area contributed by atoms with E-state index in [1.165, 1.54) is 18.0 Å². The lowest BCUT2D eigenvalue weighted by molar-refractivity contribution is 0.166. The van der Waals surface area contributed by atoms with Crippen molar-refractivity contribution in [2.75, 3.05) is 11.4 Å². The molecule has 0 spiro atoms. The Morgan fingerprint density at radius 1 is 1.00 bits per heavy atom. The maximum atomic E-state index is 10.7. The molecule has 0 amide bonds. The second-order valence-electron chi connectivity index (χ2n) is 5.86. The van der Waals surface area contributed by atoms with E-state index < -0.39 is 6.23 Å². The smallest absolute Gasteiger partial charge is 0.133 e. The second-order valence-corrected chi connectivity index (χ2v) is 5.86. The molecule has 0 aromatic heterocycles. The average molecular weight is 307 g/mol. The Labute approximate surface area is 136 Å². The number of hydrogen-bond donors (Lipinski definition) is 3. The molecule has 1 aliphatic heterocycles. The molecule has 2 unspecified atom stereocenters. The van der Waals surface area contributed by atoms with Gasteiger partial charge in [-0.2, -0.15) is 0 Å². The van der Waals surface area contributed by atoms with Gasteiger partial charge in [0.05, 0.1) is 5.92 Å². The summed E-state index contributed by atoms with van der Waals surface area (Å²) in [5, 5.41) is 25.4. The molecule has 1 heterocycles. The standard InChI is InChI=1S/C19H21N3O/c20-12-16(13-21)14-6-8-17(9-7-14)22-11-10-18(19(22)23)15-4-2-1-3-5-15/h1-9,12-13,16,18-21,23H,10-11H2. The van der Waals surface area contributed by atoms with E-state index in [-0.39, 0.29) is 11.8 Å². The summed E-state index contributed by atoms with van der Waals surface area (Å²) in [4.78, 5) is 2.02. The van der Waals surface area contributed by atoms with Crippen molar-refractivity contribution in [3.63, 3.8) is 0 Å². The molecule has 2 aromatic carbocycles. The van der Waals surface area contributed by atoms with Crippen molar-refractivity contribution < 1.29 is 5.11 Å². The molecule has 23 heavy (non-hydrogen) atoms. The van der Waals surface area contributed by atoms with Crippen LogP contribution in [0.4, 0.5) is 5.69 Å². The van der Waals surface area contributed by atoms with Crippen LogP contribution < -0.4 is 4.90 Å². The SMILES string of the molecule is N=CC(C=N)c1ccc(N2CCC(c3ccccc3)C2O)cc1. The Balaban J connectivity index is 1.78. The lowest BCUT2D eigenvalue weighted by atomic mass is 9.97. The summed E-state index contributed by atoms with van der Waals surface area (Å²) in [7, 11) is 0. The maximum Gasteiger partial charge on any atom is 0.133 e. The Kier molecular flexibility index (Phi) is 4.53. The minimum atomic E-state index is -0.524. The molecule has 3 rings (SSSR count).